The molecule has 0 radical (unpaired) electrons. The van der Waals surface area contributed by atoms with Crippen LogP contribution in [0.25, 0.3) is 11.1 Å². The number of benzene rings is 3. The first-order chi connectivity index (χ1) is 15.7. The van der Waals surface area contributed by atoms with Gasteiger partial charge in [0, 0.05) is 17.7 Å². The number of hydrogen-bond donors (Lipinski definition) is 1. The Kier molecular flexibility index (Phi) is 7.48. The summed E-state index contributed by atoms with van der Waals surface area (Å²) in [4.78, 5) is 23.5. The molecule has 33 heavy (non-hydrogen) atoms. The van der Waals surface area contributed by atoms with Crippen molar-refractivity contribution in [2.75, 3.05) is 6.61 Å². The quantitative estimate of drug-likeness (QED) is 0.330. The van der Waals surface area contributed by atoms with Crippen molar-refractivity contribution in [2.45, 2.75) is 26.1 Å². The highest BCUT2D eigenvalue weighted by molar-refractivity contribution is 5.94. The van der Waals surface area contributed by atoms with Crippen LogP contribution in [-0.4, -0.2) is 18.8 Å². The molecule has 0 spiro atoms. The molecule has 3 aromatic rings. The van der Waals surface area contributed by atoms with E-state index in [9.17, 15) is 27.2 Å². The van der Waals surface area contributed by atoms with Crippen molar-refractivity contribution in [3.05, 3.63) is 88.7 Å². The second-order valence-electron chi connectivity index (χ2n) is 7.29. The van der Waals surface area contributed by atoms with Gasteiger partial charge < -0.3 is 10.1 Å². The van der Waals surface area contributed by atoms with Crippen molar-refractivity contribution in [1.82, 2.24) is 5.32 Å². The van der Waals surface area contributed by atoms with E-state index < -0.39 is 29.0 Å². The van der Waals surface area contributed by atoms with E-state index in [1.165, 1.54) is 0 Å². The summed E-state index contributed by atoms with van der Waals surface area (Å²) in [5, 5.41) is 2.54. The number of ether oxygens (including phenoxy) is 1. The Morgan fingerprint density at radius 2 is 1.79 bits per heavy atom. The molecule has 0 aliphatic heterocycles. The molecule has 4 nitrogen and oxygen atoms in total. The Morgan fingerprint density at radius 1 is 1.03 bits per heavy atom. The van der Waals surface area contributed by atoms with Gasteiger partial charge >= 0.3 is 6.18 Å². The van der Waals surface area contributed by atoms with E-state index in [-0.39, 0.29) is 6.54 Å². The lowest BCUT2D eigenvalue weighted by atomic mass is 10.0. The van der Waals surface area contributed by atoms with E-state index in [1.807, 2.05) is 19.1 Å². The fraction of sp³-hybridized carbons (Fsp3) is 0.200. The zero-order valence-electron chi connectivity index (χ0n) is 17.7. The molecular formula is C25H21F4NO3. The maximum absolute atomic E-state index is 14.1. The van der Waals surface area contributed by atoms with Crippen LogP contribution in [0.1, 0.15) is 45.2 Å². The number of alkyl halides is 3. The monoisotopic (exact) mass is 459 g/mol. The average Bonchev–Trinajstić information content (AvgIpc) is 2.80. The molecule has 1 amide bonds. The van der Waals surface area contributed by atoms with Crippen LogP contribution in [0.4, 0.5) is 17.6 Å². The molecule has 0 bridgehead atoms. The van der Waals surface area contributed by atoms with E-state index in [4.69, 9.17) is 4.74 Å². The summed E-state index contributed by atoms with van der Waals surface area (Å²) in [5.74, 6) is -1.60. The van der Waals surface area contributed by atoms with Gasteiger partial charge in [0.1, 0.15) is 17.9 Å². The maximum Gasteiger partial charge on any atom is 0.416 e. The number of carbonyl (C=O) groups excluding carboxylic acids is 2. The summed E-state index contributed by atoms with van der Waals surface area (Å²) in [6, 6.07) is 14.1. The molecule has 172 valence electrons. The van der Waals surface area contributed by atoms with Gasteiger partial charge in [-0.15, -0.1) is 0 Å². The van der Waals surface area contributed by atoms with Gasteiger partial charge in [-0.25, -0.2) is 4.39 Å². The zero-order valence-corrected chi connectivity index (χ0v) is 17.7. The van der Waals surface area contributed by atoms with Gasteiger partial charge in [0.25, 0.3) is 5.91 Å². The molecule has 0 heterocycles. The highest BCUT2D eigenvalue weighted by Gasteiger charge is 2.31. The standard InChI is InChI=1S/C25H21F4NO3/c1-2-10-33-23-9-6-18(17-5-3-4-16(11-17)15-31)12-19(23)14-30-24(32)21-8-7-20(13-22(21)26)25(27,28)29/h3-9,11-13,15H,2,10,14H2,1H3,(H,30,32). The number of amides is 1. The average molecular weight is 459 g/mol. The SMILES string of the molecule is CCCOc1ccc(-c2cccc(C=O)c2)cc1CNC(=O)c1ccc(C(F)(F)F)cc1F. The van der Waals surface area contributed by atoms with Crippen molar-refractivity contribution < 1.29 is 31.9 Å². The summed E-state index contributed by atoms with van der Waals surface area (Å²) >= 11 is 0. The minimum atomic E-state index is -4.71. The van der Waals surface area contributed by atoms with E-state index in [2.05, 4.69) is 5.32 Å². The largest absolute Gasteiger partial charge is 0.493 e. The van der Waals surface area contributed by atoms with Gasteiger partial charge in [-0.1, -0.05) is 31.2 Å². The lowest BCUT2D eigenvalue weighted by Gasteiger charge is -2.15. The Bertz CT molecular complexity index is 1160. The minimum Gasteiger partial charge on any atom is -0.493 e. The summed E-state index contributed by atoms with van der Waals surface area (Å²) in [5.41, 5.74) is 0.992. The molecule has 8 heteroatoms. The predicted molar refractivity (Wildman–Crippen MR) is 116 cm³/mol. The summed E-state index contributed by atoms with van der Waals surface area (Å²) in [6.07, 6.45) is -3.21. The molecule has 1 N–H and O–H groups in total. The van der Waals surface area contributed by atoms with Gasteiger partial charge in [0.2, 0.25) is 0 Å². The first-order valence-corrected chi connectivity index (χ1v) is 10.2. The third kappa shape index (κ3) is 5.97. The molecule has 3 aromatic carbocycles. The van der Waals surface area contributed by atoms with Crippen molar-refractivity contribution in [3.63, 3.8) is 0 Å². The minimum absolute atomic E-state index is 0.0421. The van der Waals surface area contributed by atoms with E-state index in [1.54, 1.807) is 30.3 Å². The van der Waals surface area contributed by atoms with Crippen molar-refractivity contribution in [1.29, 1.82) is 0 Å². The first kappa shape index (κ1) is 24.0. The van der Waals surface area contributed by atoms with Crippen molar-refractivity contribution >= 4 is 12.2 Å². The Labute approximate surface area is 188 Å². The molecule has 0 fully saturated rings. The van der Waals surface area contributed by atoms with E-state index in [0.717, 1.165) is 29.9 Å². The third-order valence-electron chi connectivity index (χ3n) is 4.86. The smallest absolute Gasteiger partial charge is 0.416 e. The van der Waals surface area contributed by atoms with Gasteiger partial charge in [-0.3, -0.25) is 9.59 Å². The maximum atomic E-state index is 14.1. The molecule has 0 aliphatic carbocycles. The Morgan fingerprint density at radius 3 is 2.45 bits per heavy atom. The van der Waals surface area contributed by atoms with Crippen molar-refractivity contribution in [2.24, 2.45) is 0 Å². The Hall–Kier alpha value is -3.68. The summed E-state index contributed by atoms with van der Waals surface area (Å²) < 4.78 is 58.1. The normalized spacial score (nSPS) is 11.2. The zero-order chi connectivity index (χ0) is 24.0. The highest BCUT2D eigenvalue weighted by atomic mass is 19.4. The van der Waals surface area contributed by atoms with Crippen molar-refractivity contribution in [3.8, 4) is 16.9 Å². The lowest BCUT2D eigenvalue weighted by Crippen LogP contribution is -2.24. The van der Waals surface area contributed by atoms with Crippen LogP contribution >= 0.6 is 0 Å². The molecule has 0 atom stereocenters. The molecule has 3 rings (SSSR count). The number of rotatable bonds is 8. The molecule has 0 aromatic heterocycles. The Balaban J connectivity index is 1.85. The molecule has 0 unspecified atom stereocenters. The number of halogens is 4. The van der Waals surface area contributed by atoms with Crippen LogP contribution in [0.15, 0.2) is 60.7 Å². The lowest BCUT2D eigenvalue weighted by molar-refractivity contribution is -0.137. The second-order valence-corrected chi connectivity index (χ2v) is 7.29. The third-order valence-corrected chi connectivity index (χ3v) is 4.86. The van der Waals surface area contributed by atoms with Gasteiger partial charge in [0.05, 0.1) is 17.7 Å². The van der Waals surface area contributed by atoms with Crippen LogP contribution in [0.2, 0.25) is 0 Å². The second kappa shape index (κ2) is 10.3. The van der Waals surface area contributed by atoms with Crippen LogP contribution in [0, 0.1) is 5.82 Å². The molecule has 0 saturated carbocycles. The fourth-order valence-electron chi connectivity index (χ4n) is 3.19. The number of aldehydes is 1. The van der Waals surface area contributed by atoms with Crippen LogP contribution in [0.3, 0.4) is 0 Å². The highest BCUT2D eigenvalue weighted by Crippen LogP contribution is 2.31. The first-order valence-electron chi connectivity index (χ1n) is 10.2. The topological polar surface area (TPSA) is 55.4 Å². The summed E-state index contributed by atoms with van der Waals surface area (Å²) in [7, 11) is 0. The number of nitrogens with one attached hydrogen (secondary N) is 1. The van der Waals surface area contributed by atoms with Gasteiger partial charge in [-0.05, 0) is 53.9 Å². The molecular weight excluding hydrogens is 438 g/mol. The van der Waals surface area contributed by atoms with Gasteiger partial charge in [0.15, 0.2) is 0 Å². The summed E-state index contributed by atoms with van der Waals surface area (Å²) in [6.45, 7) is 2.34. The van der Waals surface area contributed by atoms with E-state index in [0.29, 0.717) is 35.6 Å². The number of carbonyl (C=O) groups is 2. The predicted octanol–water partition coefficient (Wildman–Crippen LogP) is 6.04. The molecule has 0 aliphatic rings. The van der Waals surface area contributed by atoms with E-state index >= 15 is 0 Å². The molecule has 0 saturated heterocycles. The van der Waals surface area contributed by atoms with Crippen LogP contribution < -0.4 is 10.1 Å². The van der Waals surface area contributed by atoms with Crippen LogP contribution in [0.5, 0.6) is 5.75 Å². The number of hydrogen-bond acceptors (Lipinski definition) is 3. The van der Waals surface area contributed by atoms with Gasteiger partial charge in [-0.2, -0.15) is 13.2 Å². The fourth-order valence-corrected chi connectivity index (χ4v) is 3.19. The van der Waals surface area contributed by atoms with Crippen LogP contribution in [-0.2, 0) is 12.7 Å².